The Labute approximate surface area is 130 Å². The predicted octanol–water partition coefficient (Wildman–Crippen LogP) is 4.23. The van der Waals surface area contributed by atoms with E-state index in [1.165, 1.54) is 6.07 Å². The molecule has 1 aromatic carbocycles. The van der Waals surface area contributed by atoms with Crippen molar-refractivity contribution in [3.05, 3.63) is 29.8 Å². The average molecular weight is 312 g/mol. The molecule has 0 aliphatic heterocycles. The lowest BCUT2D eigenvalue weighted by Gasteiger charge is -2.28. The maximum atomic E-state index is 13.7. The van der Waals surface area contributed by atoms with Crippen LogP contribution in [0.5, 0.6) is 0 Å². The largest absolute Gasteiger partial charge is 0.322 e. The van der Waals surface area contributed by atoms with Crippen LogP contribution in [0.15, 0.2) is 18.2 Å². The van der Waals surface area contributed by atoms with E-state index >= 15 is 0 Å². The van der Waals surface area contributed by atoms with Gasteiger partial charge in [0.2, 0.25) is 0 Å². The van der Waals surface area contributed by atoms with Gasteiger partial charge in [-0.2, -0.15) is 0 Å². The molecule has 21 heavy (non-hydrogen) atoms. The summed E-state index contributed by atoms with van der Waals surface area (Å²) in [6.45, 7) is 7.10. The van der Waals surface area contributed by atoms with Crippen molar-refractivity contribution in [2.45, 2.75) is 32.2 Å². The van der Waals surface area contributed by atoms with Crippen LogP contribution in [-0.4, -0.2) is 35.1 Å². The van der Waals surface area contributed by atoms with Crippen LogP contribution in [0.2, 0.25) is 0 Å². The number of likely N-dealkylation sites (N-methyl/N-ethyl adjacent to an activating group) is 1. The summed E-state index contributed by atoms with van der Waals surface area (Å²) in [6, 6.07) is 4.91. The van der Waals surface area contributed by atoms with E-state index in [0.29, 0.717) is 5.92 Å². The fraction of sp³-hybridized carbons (Fsp3) is 0.562. The second kappa shape index (κ2) is 6.32. The van der Waals surface area contributed by atoms with E-state index in [1.54, 1.807) is 12.1 Å². The molecular formula is C16H23ClFN3. The number of hydrogen-bond acceptors (Lipinski definition) is 2. The SMILES string of the molecule is CC(Cl)c1nc2ccc(F)cc2n1C(CN(C)C)C(C)C. The smallest absolute Gasteiger partial charge is 0.128 e. The molecule has 0 radical (unpaired) electrons. The van der Waals surface area contributed by atoms with Gasteiger partial charge in [-0.05, 0) is 45.1 Å². The lowest BCUT2D eigenvalue weighted by molar-refractivity contribution is 0.269. The van der Waals surface area contributed by atoms with Gasteiger partial charge >= 0.3 is 0 Å². The van der Waals surface area contributed by atoms with Gasteiger partial charge in [0.1, 0.15) is 11.6 Å². The van der Waals surface area contributed by atoms with E-state index in [1.807, 2.05) is 21.0 Å². The molecule has 0 aliphatic rings. The summed E-state index contributed by atoms with van der Waals surface area (Å²) < 4.78 is 15.8. The number of nitrogens with zero attached hydrogens (tertiary/aromatic N) is 3. The fourth-order valence-corrected chi connectivity index (χ4v) is 2.83. The second-order valence-corrected chi connectivity index (χ2v) is 6.82. The standard InChI is InChI=1S/C16H23ClFN3/c1-10(2)15(9-20(4)5)21-14-8-12(18)6-7-13(14)19-16(21)11(3)17/h6-8,10-11,15H,9H2,1-5H3. The van der Waals surface area contributed by atoms with Crippen molar-refractivity contribution >= 4 is 22.6 Å². The molecule has 0 aliphatic carbocycles. The summed E-state index contributed by atoms with van der Waals surface area (Å²) in [5.41, 5.74) is 1.61. The minimum atomic E-state index is -0.246. The number of rotatable bonds is 5. The summed E-state index contributed by atoms with van der Waals surface area (Å²) in [7, 11) is 4.08. The molecule has 2 atom stereocenters. The van der Waals surface area contributed by atoms with E-state index in [9.17, 15) is 4.39 Å². The molecule has 116 valence electrons. The molecule has 0 N–H and O–H groups in total. The molecule has 0 saturated carbocycles. The number of benzene rings is 1. The molecule has 1 aromatic heterocycles. The Morgan fingerprint density at radius 2 is 1.95 bits per heavy atom. The highest BCUT2D eigenvalue weighted by Gasteiger charge is 2.24. The summed E-state index contributed by atoms with van der Waals surface area (Å²) in [5.74, 6) is 0.949. The number of alkyl halides is 1. The molecular weight excluding hydrogens is 289 g/mol. The first-order valence-corrected chi connectivity index (χ1v) is 7.71. The van der Waals surface area contributed by atoms with Gasteiger partial charge in [-0.15, -0.1) is 11.6 Å². The van der Waals surface area contributed by atoms with E-state index in [4.69, 9.17) is 11.6 Å². The predicted molar refractivity (Wildman–Crippen MR) is 86.4 cm³/mol. The Balaban J connectivity index is 2.67. The third kappa shape index (κ3) is 3.38. The number of aromatic nitrogens is 2. The van der Waals surface area contributed by atoms with Gasteiger partial charge in [0.25, 0.3) is 0 Å². The first-order chi connectivity index (χ1) is 9.81. The number of halogens is 2. The lowest BCUT2D eigenvalue weighted by Crippen LogP contribution is -2.29. The van der Waals surface area contributed by atoms with Crippen molar-refractivity contribution in [2.24, 2.45) is 5.92 Å². The highest BCUT2D eigenvalue weighted by atomic mass is 35.5. The van der Waals surface area contributed by atoms with Crippen molar-refractivity contribution in [2.75, 3.05) is 20.6 Å². The summed E-state index contributed by atoms with van der Waals surface area (Å²) in [4.78, 5) is 6.75. The first kappa shape index (κ1) is 16.2. The lowest BCUT2D eigenvalue weighted by atomic mass is 10.0. The van der Waals surface area contributed by atoms with Crippen LogP contribution in [0.25, 0.3) is 11.0 Å². The van der Waals surface area contributed by atoms with Crippen LogP contribution in [0, 0.1) is 11.7 Å². The van der Waals surface area contributed by atoms with E-state index in [2.05, 4.69) is 28.3 Å². The Hall–Kier alpha value is -1.13. The topological polar surface area (TPSA) is 21.1 Å². The average Bonchev–Trinajstić information content (AvgIpc) is 2.74. The zero-order valence-electron chi connectivity index (χ0n) is 13.3. The van der Waals surface area contributed by atoms with Crippen LogP contribution in [0.3, 0.4) is 0 Å². The van der Waals surface area contributed by atoms with Gasteiger partial charge in [0, 0.05) is 6.54 Å². The monoisotopic (exact) mass is 311 g/mol. The minimum absolute atomic E-state index is 0.197. The fourth-order valence-electron chi connectivity index (χ4n) is 2.68. The quantitative estimate of drug-likeness (QED) is 0.770. The van der Waals surface area contributed by atoms with Gasteiger partial charge in [-0.25, -0.2) is 9.37 Å². The Bertz CT molecular complexity index is 619. The highest BCUT2D eigenvalue weighted by Crippen LogP contribution is 2.31. The van der Waals surface area contributed by atoms with Gasteiger partial charge in [0.15, 0.2) is 0 Å². The number of imidazole rings is 1. The Kier molecular flexibility index (Phi) is 4.89. The Morgan fingerprint density at radius 3 is 2.48 bits per heavy atom. The molecule has 2 aromatic rings. The van der Waals surface area contributed by atoms with Gasteiger partial charge in [0.05, 0.1) is 22.5 Å². The molecule has 5 heteroatoms. The molecule has 2 rings (SSSR count). The zero-order valence-corrected chi connectivity index (χ0v) is 14.0. The molecule has 2 unspecified atom stereocenters. The van der Waals surface area contributed by atoms with Crippen molar-refractivity contribution in [3.63, 3.8) is 0 Å². The molecule has 0 amide bonds. The second-order valence-electron chi connectivity index (χ2n) is 6.16. The summed E-state index contributed by atoms with van der Waals surface area (Å²) >= 11 is 6.31. The van der Waals surface area contributed by atoms with Crippen LogP contribution in [0.1, 0.15) is 38.0 Å². The van der Waals surface area contributed by atoms with E-state index in [-0.39, 0.29) is 17.2 Å². The van der Waals surface area contributed by atoms with Crippen LogP contribution in [0.4, 0.5) is 4.39 Å². The van der Waals surface area contributed by atoms with Crippen molar-refractivity contribution in [1.82, 2.24) is 14.5 Å². The normalized spacial score (nSPS) is 15.1. The maximum Gasteiger partial charge on any atom is 0.128 e. The maximum absolute atomic E-state index is 13.7. The third-order valence-corrected chi connectivity index (χ3v) is 3.88. The minimum Gasteiger partial charge on any atom is -0.322 e. The van der Waals surface area contributed by atoms with Gasteiger partial charge < -0.3 is 9.47 Å². The summed E-state index contributed by atoms with van der Waals surface area (Å²) in [5, 5.41) is -0.219. The van der Waals surface area contributed by atoms with E-state index < -0.39 is 0 Å². The van der Waals surface area contributed by atoms with Crippen LogP contribution >= 0.6 is 11.6 Å². The van der Waals surface area contributed by atoms with Gasteiger partial charge in [-0.3, -0.25) is 0 Å². The molecule has 1 heterocycles. The summed E-state index contributed by atoms with van der Waals surface area (Å²) in [6.07, 6.45) is 0. The number of hydrogen-bond donors (Lipinski definition) is 0. The van der Waals surface area contributed by atoms with E-state index in [0.717, 1.165) is 23.4 Å². The molecule has 0 spiro atoms. The number of fused-ring (bicyclic) bond motifs is 1. The van der Waals surface area contributed by atoms with Crippen LogP contribution < -0.4 is 0 Å². The third-order valence-electron chi connectivity index (χ3n) is 3.69. The Morgan fingerprint density at radius 1 is 1.29 bits per heavy atom. The van der Waals surface area contributed by atoms with Crippen molar-refractivity contribution in [3.8, 4) is 0 Å². The van der Waals surface area contributed by atoms with Crippen molar-refractivity contribution in [1.29, 1.82) is 0 Å². The molecule has 3 nitrogen and oxygen atoms in total. The zero-order chi connectivity index (χ0) is 15.7. The molecule has 0 saturated heterocycles. The molecule has 0 fully saturated rings. The first-order valence-electron chi connectivity index (χ1n) is 7.27. The van der Waals surface area contributed by atoms with Crippen molar-refractivity contribution < 1.29 is 4.39 Å². The van der Waals surface area contributed by atoms with Gasteiger partial charge in [-0.1, -0.05) is 13.8 Å². The van der Waals surface area contributed by atoms with Crippen LogP contribution in [-0.2, 0) is 0 Å². The highest BCUT2D eigenvalue weighted by molar-refractivity contribution is 6.20. The molecule has 0 bridgehead atoms.